The van der Waals surface area contributed by atoms with Crippen LogP contribution in [0.15, 0.2) is 11.8 Å². The van der Waals surface area contributed by atoms with Crippen LogP contribution >= 0.6 is 0 Å². The Morgan fingerprint density at radius 2 is 1.36 bits per heavy atom. The van der Waals surface area contributed by atoms with E-state index in [0.29, 0.717) is 15.4 Å². The van der Waals surface area contributed by atoms with Gasteiger partial charge in [-0.15, -0.1) is 6.58 Å². The average Bonchev–Trinajstić information content (AvgIpc) is 2.03. The molecule has 0 spiro atoms. The second-order valence-corrected chi connectivity index (χ2v) is 5.03. The maximum atomic E-state index is 11.7. The fourth-order valence-corrected chi connectivity index (χ4v) is 1.54. The first-order valence-corrected chi connectivity index (χ1v) is 5.36. The van der Waals surface area contributed by atoms with Gasteiger partial charge >= 0.3 is 0 Å². The van der Waals surface area contributed by atoms with Gasteiger partial charge in [-0.2, -0.15) is 0 Å². The normalized spacial score (nSPS) is 10.1. The lowest BCUT2D eigenvalue weighted by molar-refractivity contribution is -0.142. The summed E-state index contributed by atoms with van der Waals surface area (Å²) in [5.41, 5.74) is 0. The van der Waals surface area contributed by atoms with E-state index in [1.165, 1.54) is 9.80 Å². The van der Waals surface area contributed by atoms with Crippen molar-refractivity contribution in [3.63, 3.8) is 0 Å². The van der Waals surface area contributed by atoms with Gasteiger partial charge < -0.3 is 9.80 Å². The maximum Gasteiger partial charge on any atom is 0.238 e. The topological polar surface area (TPSA) is 40.6 Å². The summed E-state index contributed by atoms with van der Waals surface area (Å²) in [6, 6.07) is 0. The molecule has 0 aliphatic carbocycles. The zero-order valence-electron chi connectivity index (χ0n) is 9.50. The summed E-state index contributed by atoms with van der Waals surface area (Å²) in [7, 11) is 7.22. The predicted molar refractivity (Wildman–Crippen MR) is 60.0 cm³/mol. The van der Waals surface area contributed by atoms with Crippen LogP contribution in [0.4, 0.5) is 0 Å². The van der Waals surface area contributed by atoms with Crippen molar-refractivity contribution in [2.75, 3.05) is 28.2 Å². The minimum absolute atomic E-state index is 0.191. The Bertz CT molecular complexity index is 242. The molecule has 0 radical (unpaired) electrons. The minimum Gasteiger partial charge on any atom is -0.348 e. The molecule has 0 bridgehead atoms. The summed E-state index contributed by atoms with van der Waals surface area (Å²) in [5.74, 6) is -1.07. The molecule has 14 heavy (non-hydrogen) atoms. The van der Waals surface area contributed by atoms with E-state index in [-0.39, 0.29) is 11.8 Å². The van der Waals surface area contributed by atoms with Gasteiger partial charge in [0.05, 0.1) is 0 Å². The van der Waals surface area contributed by atoms with Crippen molar-refractivity contribution in [1.82, 2.24) is 9.80 Å². The van der Waals surface area contributed by atoms with Gasteiger partial charge in [0.2, 0.25) is 11.8 Å². The van der Waals surface area contributed by atoms with Gasteiger partial charge in [-0.3, -0.25) is 9.59 Å². The number of hydrogen-bond acceptors (Lipinski definition) is 2. The van der Waals surface area contributed by atoms with Gasteiger partial charge in [-0.05, 0) is 0 Å². The molecular weight excluding hydrogens is 196 g/mol. The molecule has 5 heteroatoms. The van der Waals surface area contributed by atoms with Crippen LogP contribution in [0.1, 0.15) is 0 Å². The van der Waals surface area contributed by atoms with E-state index < -0.39 is 5.92 Å². The van der Waals surface area contributed by atoms with Gasteiger partial charge in [0.15, 0.2) is 0 Å². The SMILES string of the molecule is C=C([SiH3])C(C(=O)N(C)C)C(=O)N(C)C. The zero-order valence-corrected chi connectivity index (χ0v) is 11.5. The molecule has 0 rings (SSSR count). The molecule has 0 N–H and O–H groups in total. The minimum atomic E-state index is -0.688. The van der Waals surface area contributed by atoms with E-state index in [4.69, 9.17) is 0 Å². The fraction of sp³-hybridized carbons (Fsp3) is 0.556. The molecule has 0 aromatic rings. The second kappa shape index (κ2) is 4.95. The molecular formula is C9H18N2O2Si. The van der Waals surface area contributed by atoms with E-state index in [9.17, 15) is 9.59 Å². The Morgan fingerprint density at radius 1 is 1.07 bits per heavy atom. The van der Waals surface area contributed by atoms with Gasteiger partial charge in [0, 0.05) is 38.4 Å². The highest BCUT2D eigenvalue weighted by Gasteiger charge is 2.29. The summed E-state index contributed by atoms with van der Waals surface area (Å²) in [4.78, 5) is 26.2. The Kier molecular flexibility index (Phi) is 4.56. The molecule has 0 aromatic heterocycles. The summed E-state index contributed by atoms with van der Waals surface area (Å²) in [5, 5.41) is 0.711. The van der Waals surface area contributed by atoms with Crippen molar-refractivity contribution in [1.29, 1.82) is 0 Å². The summed E-state index contributed by atoms with van der Waals surface area (Å²) < 4.78 is 0. The Hall–Kier alpha value is -1.10. The molecule has 4 nitrogen and oxygen atoms in total. The van der Waals surface area contributed by atoms with Crippen LogP contribution in [0, 0.1) is 5.92 Å². The second-order valence-electron chi connectivity index (χ2n) is 3.74. The highest BCUT2D eigenvalue weighted by molar-refractivity contribution is 6.27. The molecule has 0 saturated carbocycles. The van der Waals surface area contributed by atoms with E-state index >= 15 is 0 Å². The first-order chi connectivity index (χ1) is 6.29. The lowest BCUT2D eigenvalue weighted by atomic mass is 10.1. The first-order valence-electron chi connectivity index (χ1n) is 4.36. The number of hydrogen-bond donors (Lipinski definition) is 0. The molecule has 0 saturated heterocycles. The van der Waals surface area contributed by atoms with Crippen molar-refractivity contribution < 1.29 is 9.59 Å². The van der Waals surface area contributed by atoms with Crippen LogP contribution < -0.4 is 0 Å². The largest absolute Gasteiger partial charge is 0.348 e. The van der Waals surface area contributed by atoms with Crippen molar-refractivity contribution in [2.45, 2.75) is 0 Å². The van der Waals surface area contributed by atoms with Gasteiger partial charge in [0.1, 0.15) is 5.92 Å². The van der Waals surface area contributed by atoms with Crippen LogP contribution in [0.5, 0.6) is 0 Å². The molecule has 0 aromatic carbocycles. The first kappa shape index (κ1) is 12.9. The predicted octanol–water partition coefficient (Wildman–Crippen LogP) is -1.34. The molecule has 0 aliphatic heterocycles. The lowest BCUT2D eigenvalue weighted by Gasteiger charge is -2.22. The number of amides is 2. The van der Waals surface area contributed by atoms with E-state index in [0.717, 1.165) is 0 Å². The number of carbonyl (C=O) groups excluding carboxylic acids is 2. The third kappa shape index (κ3) is 2.99. The van der Waals surface area contributed by atoms with E-state index in [1.807, 2.05) is 0 Å². The van der Waals surface area contributed by atoms with Crippen molar-refractivity contribution in [2.24, 2.45) is 5.92 Å². The van der Waals surface area contributed by atoms with Crippen LogP contribution in [0.2, 0.25) is 0 Å². The van der Waals surface area contributed by atoms with E-state index in [1.54, 1.807) is 28.2 Å². The van der Waals surface area contributed by atoms with Crippen LogP contribution in [0.3, 0.4) is 0 Å². The number of nitrogens with zero attached hydrogens (tertiary/aromatic N) is 2. The lowest BCUT2D eigenvalue weighted by Crippen LogP contribution is -2.41. The third-order valence-electron chi connectivity index (χ3n) is 1.87. The molecule has 0 heterocycles. The van der Waals surface area contributed by atoms with Crippen molar-refractivity contribution in [3.8, 4) is 0 Å². The van der Waals surface area contributed by atoms with Crippen LogP contribution in [-0.2, 0) is 9.59 Å². The average molecular weight is 214 g/mol. The molecule has 2 amide bonds. The van der Waals surface area contributed by atoms with Crippen molar-refractivity contribution in [3.05, 3.63) is 11.8 Å². The van der Waals surface area contributed by atoms with Gasteiger partial charge in [-0.25, -0.2) is 0 Å². The third-order valence-corrected chi connectivity index (χ3v) is 2.45. The van der Waals surface area contributed by atoms with Gasteiger partial charge in [-0.1, -0.05) is 5.20 Å². The van der Waals surface area contributed by atoms with Crippen LogP contribution in [-0.4, -0.2) is 60.0 Å². The quantitative estimate of drug-likeness (QED) is 0.431. The molecule has 80 valence electrons. The summed E-state index contributed by atoms with van der Waals surface area (Å²) >= 11 is 0. The molecule has 0 atom stereocenters. The Labute approximate surface area is 88.0 Å². The van der Waals surface area contributed by atoms with Gasteiger partial charge in [0.25, 0.3) is 0 Å². The number of carbonyl (C=O) groups is 2. The maximum absolute atomic E-state index is 11.7. The Balaban J connectivity index is 4.88. The van der Waals surface area contributed by atoms with Crippen LogP contribution in [0.25, 0.3) is 0 Å². The molecule has 0 fully saturated rings. The highest BCUT2D eigenvalue weighted by atomic mass is 28.1. The highest BCUT2D eigenvalue weighted by Crippen LogP contribution is 2.11. The number of rotatable bonds is 3. The molecule has 0 aliphatic rings. The standard InChI is InChI=1S/C9H18N2O2Si/c1-6(14)7(8(12)10(2)3)9(13)11(4)5/h7H,1H2,2-5,14H3. The smallest absolute Gasteiger partial charge is 0.238 e. The fourth-order valence-electron chi connectivity index (χ4n) is 1.04. The summed E-state index contributed by atoms with van der Waals surface area (Å²) in [6.07, 6.45) is 0. The zero-order chi connectivity index (χ0) is 11.5. The van der Waals surface area contributed by atoms with E-state index in [2.05, 4.69) is 6.58 Å². The Morgan fingerprint density at radius 3 is 1.50 bits per heavy atom. The molecule has 0 unspecified atom stereocenters. The summed E-state index contributed by atoms with van der Waals surface area (Å²) in [6.45, 7) is 3.73. The van der Waals surface area contributed by atoms with Crippen molar-refractivity contribution >= 4 is 22.1 Å². The monoisotopic (exact) mass is 214 g/mol.